The molecule has 0 N–H and O–H groups in total. The second kappa shape index (κ2) is 8.92. The molecule has 0 atom stereocenters. The first kappa shape index (κ1) is 19.8. The number of hydrogen-bond donors (Lipinski definition) is 0. The minimum absolute atomic E-state index is 0.0771. The lowest BCUT2D eigenvalue weighted by Gasteiger charge is -2.27. The number of morpholine rings is 1. The second-order valence-electron chi connectivity index (χ2n) is 7.02. The van der Waals surface area contributed by atoms with Gasteiger partial charge in [-0.2, -0.15) is 0 Å². The summed E-state index contributed by atoms with van der Waals surface area (Å²) in [6.07, 6.45) is 3.70. The van der Waals surface area contributed by atoms with Gasteiger partial charge in [0.15, 0.2) is 0 Å². The summed E-state index contributed by atoms with van der Waals surface area (Å²) in [5.41, 5.74) is 2.98. The van der Waals surface area contributed by atoms with Gasteiger partial charge < -0.3 is 18.9 Å². The monoisotopic (exact) mass is 405 g/mol. The fourth-order valence-electron chi connectivity index (χ4n) is 3.54. The van der Waals surface area contributed by atoms with E-state index in [1.807, 2.05) is 46.0 Å². The van der Waals surface area contributed by atoms with Gasteiger partial charge in [0.05, 0.1) is 31.6 Å². The molecule has 2 aromatic carbocycles. The van der Waals surface area contributed by atoms with Gasteiger partial charge in [-0.3, -0.25) is 9.79 Å². The summed E-state index contributed by atoms with van der Waals surface area (Å²) in [6.45, 7) is 2.69. The van der Waals surface area contributed by atoms with Crippen molar-refractivity contribution >= 4 is 34.7 Å². The molecular weight excluding hydrogens is 382 g/mol. The lowest BCUT2D eigenvalue weighted by molar-refractivity contribution is -0.135. The number of carbonyl (C=O) groups is 2. The molecule has 1 saturated heterocycles. The highest BCUT2D eigenvalue weighted by Crippen LogP contribution is 2.22. The Morgan fingerprint density at radius 2 is 1.93 bits per heavy atom. The van der Waals surface area contributed by atoms with Crippen molar-refractivity contribution in [1.82, 2.24) is 9.47 Å². The molecule has 0 aliphatic carbocycles. The Kier molecular flexibility index (Phi) is 5.90. The van der Waals surface area contributed by atoms with Crippen molar-refractivity contribution < 1.29 is 19.1 Å². The van der Waals surface area contributed by atoms with Crippen molar-refractivity contribution in [2.75, 3.05) is 33.4 Å². The summed E-state index contributed by atoms with van der Waals surface area (Å²) in [5.74, 6) is -0.321. The first-order valence-electron chi connectivity index (χ1n) is 9.81. The molecule has 7 heteroatoms. The van der Waals surface area contributed by atoms with E-state index in [0.29, 0.717) is 37.6 Å². The van der Waals surface area contributed by atoms with Crippen LogP contribution in [0.4, 0.5) is 5.69 Å². The molecule has 3 aromatic rings. The van der Waals surface area contributed by atoms with Crippen LogP contribution in [0.3, 0.4) is 0 Å². The van der Waals surface area contributed by atoms with Crippen molar-refractivity contribution in [1.29, 1.82) is 0 Å². The molecule has 4 rings (SSSR count). The number of aromatic nitrogens is 1. The highest BCUT2D eigenvalue weighted by atomic mass is 16.5. The number of hydrogen-bond acceptors (Lipinski definition) is 5. The maximum absolute atomic E-state index is 12.7. The van der Waals surface area contributed by atoms with Crippen LogP contribution in [0.25, 0.3) is 10.9 Å². The molecule has 1 aromatic heterocycles. The van der Waals surface area contributed by atoms with E-state index in [1.54, 1.807) is 24.4 Å². The van der Waals surface area contributed by atoms with Crippen molar-refractivity contribution in [3.8, 4) is 0 Å². The van der Waals surface area contributed by atoms with Crippen molar-refractivity contribution in [2.24, 2.45) is 4.99 Å². The number of benzene rings is 2. The number of esters is 1. The van der Waals surface area contributed by atoms with Crippen LogP contribution >= 0.6 is 0 Å². The van der Waals surface area contributed by atoms with E-state index in [2.05, 4.69) is 4.99 Å². The Bertz CT molecular complexity index is 1100. The first-order valence-corrected chi connectivity index (χ1v) is 9.81. The third kappa shape index (κ3) is 4.26. The minimum atomic E-state index is -0.398. The number of methoxy groups -OCH3 is 1. The van der Waals surface area contributed by atoms with E-state index in [-0.39, 0.29) is 12.5 Å². The number of amides is 1. The third-order valence-electron chi connectivity index (χ3n) is 5.11. The fraction of sp³-hybridized carbons (Fsp3) is 0.261. The molecule has 0 radical (unpaired) electrons. The van der Waals surface area contributed by atoms with Gasteiger partial charge in [0.2, 0.25) is 5.91 Å². The molecule has 2 heterocycles. The second-order valence-corrected chi connectivity index (χ2v) is 7.02. The highest BCUT2D eigenvalue weighted by Gasteiger charge is 2.18. The summed E-state index contributed by atoms with van der Waals surface area (Å²) in [4.78, 5) is 30.8. The zero-order valence-electron chi connectivity index (χ0n) is 16.8. The van der Waals surface area contributed by atoms with Crippen LogP contribution in [-0.4, -0.2) is 61.0 Å². The molecule has 1 aliphatic rings. The predicted molar refractivity (Wildman–Crippen MR) is 114 cm³/mol. The summed E-state index contributed by atoms with van der Waals surface area (Å²) < 4.78 is 12.1. The van der Waals surface area contributed by atoms with Crippen LogP contribution in [-0.2, 0) is 20.8 Å². The molecule has 1 aliphatic heterocycles. The summed E-state index contributed by atoms with van der Waals surface area (Å²) >= 11 is 0. The van der Waals surface area contributed by atoms with Crippen molar-refractivity contribution in [2.45, 2.75) is 6.54 Å². The van der Waals surface area contributed by atoms with E-state index in [1.165, 1.54) is 7.11 Å². The quantitative estimate of drug-likeness (QED) is 0.483. The summed E-state index contributed by atoms with van der Waals surface area (Å²) in [7, 11) is 1.35. The highest BCUT2D eigenvalue weighted by molar-refractivity contribution is 6.00. The maximum Gasteiger partial charge on any atom is 0.337 e. The molecule has 154 valence electrons. The van der Waals surface area contributed by atoms with Crippen LogP contribution in [0.5, 0.6) is 0 Å². The van der Waals surface area contributed by atoms with Crippen LogP contribution in [0.2, 0.25) is 0 Å². The summed E-state index contributed by atoms with van der Waals surface area (Å²) in [5, 5.41) is 1.01. The predicted octanol–water partition coefficient (Wildman–Crippen LogP) is 3.04. The Balaban J connectivity index is 1.60. The van der Waals surface area contributed by atoms with Gasteiger partial charge >= 0.3 is 5.97 Å². The van der Waals surface area contributed by atoms with Gasteiger partial charge in [-0.05, 0) is 24.3 Å². The van der Waals surface area contributed by atoms with Crippen molar-refractivity contribution in [3.63, 3.8) is 0 Å². The number of carbonyl (C=O) groups excluding carboxylic acids is 2. The molecular formula is C23H23N3O4. The maximum atomic E-state index is 12.7. The zero-order chi connectivity index (χ0) is 20.9. The van der Waals surface area contributed by atoms with Gasteiger partial charge in [0, 0.05) is 42.0 Å². The van der Waals surface area contributed by atoms with Crippen LogP contribution in [0.15, 0.2) is 59.7 Å². The molecule has 0 unspecified atom stereocenters. The van der Waals surface area contributed by atoms with Crippen LogP contribution < -0.4 is 0 Å². The van der Waals surface area contributed by atoms with Crippen LogP contribution in [0.1, 0.15) is 15.9 Å². The Morgan fingerprint density at radius 3 is 2.73 bits per heavy atom. The fourth-order valence-corrected chi connectivity index (χ4v) is 3.54. The molecule has 1 amide bonds. The number of nitrogens with zero attached hydrogens (tertiary/aromatic N) is 3. The number of ether oxygens (including phenoxy) is 2. The Labute approximate surface area is 174 Å². The van der Waals surface area contributed by atoms with E-state index >= 15 is 0 Å². The van der Waals surface area contributed by atoms with E-state index < -0.39 is 5.97 Å². The minimum Gasteiger partial charge on any atom is -0.465 e. The zero-order valence-corrected chi connectivity index (χ0v) is 16.8. The summed E-state index contributed by atoms with van der Waals surface area (Å²) in [6, 6.07) is 14.9. The van der Waals surface area contributed by atoms with Crippen molar-refractivity contribution in [3.05, 3.63) is 65.9 Å². The standard InChI is InChI=1S/C23H23N3O4/c1-29-23(28)17-5-4-6-19(13-17)24-14-18-15-26(21-8-3-2-7-20(18)21)16-22(27)25-9-11-30-12-10-25/h2-8,13-15H,9-12,16H2,1H3. The molecule has 0 spiro atoms. The Hall–Kier alpha value is -3.45. The van der Waals surface area contributed by atoms with Crippen LogP contribution in [0, 0.1) is 0 Å². The SMILES string of the molecule is COC(=O)c1cccc(N=Cc2cn(CC(=O)N3CCOCC3)c3ccccc23)c1. The topological polar surface area (TPSA) is 73.1 Å². The number of fused-ring (bicyclic) bond motifs is 1. The number of aliphatic imine (C=N–C) groups is 1. The number of para-hydroxylation sites is 1. The average Bonchev–Trinajstić information content (AvgIpc) is 3.15. The third-order valence-corrected chi connectivity index (χ3v) is 5.11. The smallest absolute Gasteiger partial charge is 0.337 e. The normalized spacial score (nSPS) is 14.4. The lowest BCUT2D eigenvalue weighted by atomic mass is 10.2. The van der Waals surface area contributed by atoms with E-state index in [0.717, 1.165) is 16.5 Å². The molecule has 0 bridgehead atoms. The average molecular weight is 405 g/mol. The largest absolute Gasteiger partial charge is 0.465 e. The lowest BCUT2D eigenvalue weighted by Crippen LogP contribution is -2.42. The van der Waals surface area contributed by atoms with Gasteiger partial charge in [-0.1, -0.05) is 24.3 Å². The van der Waals surface area contributed by atoms with Gasteiger partial charge in [-0.25, -0.2) is 4.79 Å². The Morgan fingerprint density at radius 1 is 1.13 bits per heavy atom. The molecule has 1 fully saturated rings. The van der Waals surface area contributed by atoms with Gasteiger partial charge in [0.25, 0.3) is 0 Å². The number of rotatable bonds is 5. The molecule has 30 heavy (non-hydrogen) atoms. The van der Waals surface area contributed by atoms with Gasteiger partial charge in [0.1, 0.15) is 6.54 Å². The van der Waals surface area contributed by atoms with E-state index in [9.17, 15) is 9.59 Å². The van der Waals surface area contributed by atoms with E-state index in [4.69, 9.17) is 9.47 Å². The first-order chi connectivity index (χ1) is 14.7. The van der Waals surface area contributed by atoms with Gasteiger partial charge in [-0.15, -0.1) is 0 Å². The molecule has 7 nitrogen and oxygen atoms in total. The molecule has 0 saturated carbocycles.